The quantitative estimate of drug-likeness (QED) is 0.841. The molecular formula is C13H11F2N3O. The van der Waals surface area contributed by atoms with Crippen molar-refractivity contribution in [3.05, 3.63) is 63.4 Å². The van der Waals surface area contributed by atoms with Gasteiger partial charge in [0.15, 0.2) is 0 Å². The van der Waals surface area contributed by atoms with Crippen LogP contribution in [0.25, 0.3) is 0 Å². The van der Waals surface area contributed by atoms with E-state index in [-0.39, 0.29) is 11.4 Å². The average Bonchev–Trinajstić information content (AvgIpc) is 2.30. The highest BCUT2D eigenvalue weighted by Crippen LogP contribution is 2.08. The van der Waals surface area contributed by atoms with E-state index in [0.717, 1.165) is 23.0 Å². The summed E-state index contributed by atoms with van der Waals surface area (Å²) < 4.78 is 27.0. The van der Waals surface area contributed by atoms with Crippen LogP contribution in [0.5, 0.6) is 0 Å². The van der Waals surface area contributed by atoms with Crippen molar-refractivity contribution < 1.29 is 8.78 Å². The van der Waals surface area contributed by atoms with Gasteiger partial charge in [-0.05, 0) is 30.7 Å². The van der Waals surface area contributed by atoms with Gasteiger partial charge in [-0.3, -0.25) is 4.79 Å². The first kappa shape index (κ1) is 12.9. The molecule has 0 saturated carbocycles. The Balaban J connectivity index is 2.41. The summed E-state index contributed by atoms with van der Waals surface area (Å²) in [6, 6.07) is 5.99. The Labute approximate surface area is 107 Å². The van der Waals surface area contributed by atoms with Crippen molar-refractivity contribution in [1.82, 2.24) is 4.68 Å². The molecule has 0 amide bonds. The van der Waals surface area contributed by atoms with Crippen molar-refractivity contribution in [3.8, 4) is 0 Å². The van der Waals surface area contributed by atoms with Gasteiger partial charge in [-0.15, -0.1) is 0 Å². The third kappa shape index (κ3) is 2.85. The molecule has 0 saturated heterocycles. The summed E-state index contributed by atoms with van der Waals surface area (Å²) in [4.78, 5) is 11.6. The molecule has 4 nitrogen and oxygen atoms in total. The minimum absolute atomic E-state index is 0.0632. The van der Waals surface area contributed by atoms with Crippen LogP contribution in [0.3, 0.4) is 0 Å². The lowest BCUT2D eigenvalue weighted by atomic mass is 10.2. The van der Waals surface area contributed by atoms with Crippen molar-refractivity contribution in [1.29, 1.82) is 0 Å². The van der Waals surface area contributed by atoms with E-state index in [2.05, 4.69) is 5.10 Å². The molecule has 0 aliphatic heterocycles. The van der Waals surface area contributed by atoms with Crippen LogP contribution in [0.4, 0.5) is 14.6 Å². The summed E-state index contributed by atoms with van der Waals surface area (Å²) in [5.41, 5.74) is 6.00. The van der Waals surface area contributed by atoms with Gasteiger partial charge in [0.2, 0.25) is 0 Å². The highest BCUT2D eigenvalue weighted by Gasteiger charge is 2.03. The van der Waals surface area contributed by atoms with Crippen molar-refractivity contribution in [3.63, 3.8) is 0 Å². The molecule has 2 N–H and O–H groups in total. The van der Waals surface area contributed by atoms with Crippen LogP contribution in [0, 0.1) is 18.6 Å². The Morgan fingerprint density at radius 2 is 2.00 bits per heavy atom. The van der Waals surface area contributed by atoms with Gasteiger partial charge in [-0.1, -0.05) is 0 Å². The maximum atomic E-state index is 13.4. The lowest BCUT2D eigenvalue weighted by molar-refractivity contribution is 0.582. The molecule has 0 unspecified atom stereocenters. The number of anilines is 1. The van der Waals surface area contributed by atoms with Crippen LogP contribution in [0.15, 0.2) is 40.2 Å². The molecule has 98 valence electrons. The number of benzene rings is 1. The summed E-state index contributed by atoms with van der Waals surface area (Å²) in [7, 11) is 0. The molecule has 0 aliphatic rings. The molecule has 1 aromatic carbocycles. The number of rotatable bonds is 2. The lowest BCUT2D eigenvalue weighted by Gasteiger charge is -2.03. The largest absolute Gasteiger partial charge is 0.384 e. The molecule has 0 bridgehead atoms. The first-order valence-electron chi connectivity index (χ1n) is 5.46. The van der Waals surface area contributed by atoms with Gasteiger partial charge < -0.3 is 5.73 Å². The molecule has 0 radical (unpaired) electrons. The molecule has 1 heterocycles. The summed E-state index contributed by atoms with van der Waals surface area (Å²) in [6.45, 7) is 1.73. The van der Waals surface area contributed by atoms with Crippen LogP contribution in [-0.2, 0) is 0 Å². The number of nitrogens with two attached hydrogens (primary N) is 1. The van der Waals surface area contributed by atoms with E-state index in [9.17, 15) is 13.6 Å². The van der Waals surface area contributed by atoms with Gasteiger partial charge in [-0.25, -0.2) is 8.78 Å². The van der Waals surface area contributed by atoms with Gasteiger partial charge >= 0.3 is 0 Å². The Morgan fingerprint density at radius 3 is 2.63 bits per heavy atom. The number of nitrogen functional groups attached to an aromatic ring is 1. The Kier molecular flexibility index (Phi) is 3.41. The third-order valence-electron chi connectivity index (χ3n) is 2.45. The molecule has 19 heavy (non-hydrogen) atoms. The molecular weight excluding hydrogens is 252 g/mol. The summed E-state index contributed by atoms with van der Waals surface area (Å²) in [5.74, 6) is -1.30. The number of hydrogen-bond acceptors (Lipinski definition) is 3. The topological polar surface area (TPSA) is 60.4 Å². The molecule has 0 aliphatic carbocycles. The fourth-order valence-corrected chi connectivity index (χ4v) is 1.57. The van der Waals surface area contributed by atoms with Crippen molar-refractivity contribution in [2.45, 2.75) is 6.92 Å². The second-order valence-electron chi connectivity index (χ2n) is 4.02. The van der Waals surface area contributed by atoms with E-state index < -0.39 is 17.2 Å². The predicted octanol–water partition coefficient (Wildman–Crippen LogP) is 1.90. The Bertz CT molecular complexity index is 708. The minimum atomic E-state index is -0.762. The highest BCUT2D eigenvalue weighted by molar-refractivity contribution is 5.79. The Hall–Kier alpha value is -2.50. The first-order valence-corrected chi connectivity index (χ1v) is 5.46. The predicted molar refractivity (Wildman–Crippen MR) is 69.2 cm³/mol. The first-order chi connectivity index (χ1) is 8.97. The third-order valence-corrected chi connectivity index (χ3v) is 2.45. The van der Waals surface area contributed by atoms with E-state index in [1.54, 1.807) is 13.0 Å². The normalized spacial score (nSPS) is 11.1. The van der Waals surface area contributed by atoms with Crippen LogP contribution in [-0.4, -0.2) is 10.9 Å². The van der Waals surface area contributed by atoms with Crippen molar-refractivity contribution >= 4 is 12.0 Å². The SMILES string of the molecule is Cc1cc(N)n(/N=C\c2ccc(F)cc2F)c(=O)c1. The molecule has 2 rings (SSSR count). The van der Waals surface area contributed by atoms with Crippen LogP contribution in [0.2, 0.25) is 0 Å². The molecule has 1 aromatic heterocycles. The number of pyridine rings is 1. The molecule has 0 spiro atoms. The monoisotopic (exact) mass is 263 g/mol. The van der Waals surface area contributed by atoms with Gasteiger partial charge in [0.25, 0.3) is 5.56 Å². The summed E-state index contributed by atoms with van der Waals surface area (Å²) in [5, 5.41) is 3.80. The average molecular weight is 263 g/mol. The zero-order valence-electron chi connectivity index (χ0n) is 10.1. The lowest BCUT2D eigenvalue weighted by Crippen LogP contribution is -2.19. The number of aryl methyl sites for hydroxylation is 1. The van der Waals surface area contributed by atoms with Gasteiger partial charge in [0.05, 0.1) is 6.21 Å². The fourth-order valence-electron chi connectivity index (χ4n) is 1.57. The molecule has 6 heteroatoms. The van der Waals surface area contributed by atoms with E-state index in [0.29, 0.717) is 5.56 Å². The molecule has 2 aromatic rings. The smallest absolute Gasteiger partial charge is 0.273 e. The fraction of sp³-hybridized carbons (Fsp3) is 0.0769. The molecule has 0 fully saturated rings. The van der Waals surface area contributed by atoms with Crippen LogP contribution < -0.4 is 11.3 Å². The number of halogens is 2. The maximum Gasteiger partial charge on any atom is 0.273 e. The summed E-state index contributed by atoms with van der Waals surface area (Å²) >= 11 is 0. The standard InChI is InChI=1S/C13H11F2N3O/c1-8-4-12(16)18(13(19)5-8)17-7-9-2-3-10(14)6-11(9)15/h2-7H,16H2,1H3/b17-7-. The van der Waals surface area contributed by atoms with Gasteiger partial charge in [0, 0.05) is 17.7 Å². The number of aromatic nitrogens is 1. The van der Waals surface area contributed by atoms with E-state index in [1.165, 1.54) is 12.1 Å². The number of hydrogen-bond donors (Lipinski definition) is 1. The second kappa shape index (κ2) is 5.01. The van der Waals surface area contributed by atoms with Gasteiger partial charge in [-0.2, -0.15) is 9.78 Å². The van der Waals surface area contributed by atoms with Crippen molar-refractivity contribution in [2.75, 3.05) is 5.73 Å². The van der Waals surface area contributed by atoms with E-state index in [4.69, 9.17) is 5.73 Å². The zero-order chi connectivity index (χ0) is 14.0. The molecule has 0 atom stereocenters. The minimum Gasteiger partial charge on any atom is -0.384 e. The van der Waals surface area contributed by atoms with Gasteiger partial charge in [0.1, 0.15) is 17.5 Å². The van der Waals surface area contributed by atoms with E-state index >= 15 is 0 Å². The van der Waals surface area contributed by atoms with Crippen LogP contribution >= 0.6 is 0 Å². The number of nitrogens with zero attached hydrogens (tertiary/aromatic N) is 2. The zero-order valence-corrected chi connectivity index (χ0v) is 10.1. The summed E-state index contributed by atoms with van der Waals surface area (Å²) in [6.07, 6.45) is 1.11. The van der Waals surface area contributed by atoms with Crippen LogP contribution in [0.1, 0.15) is 11.1 Å². The highest BCUT2D eigenvalue weighted by atomic mass is 19.1. The Morgan fingerprint density at radius 1 is 1.26 bits per heavy atom. The van der Waals surface area contributed by atoms with Crippen molar-refractivity contribution in [2.24, 2.45) is 5.10 Å². The maximum absolute atomic E-state index is 13.4. The second-order valence-corrected chi connectivity index (χ2v) is 4.02. The van der Waals surface area contributed by atoms with E-state index in [1.807, 2.05) is 0 Å².